The molecule has 0 aliphatic carbocycles. The van der Waals surface area contributed by atoms with Crippen LogP contribution in [0.3, 0.4) is 0 Å². The molecular weight excluding hydrogens is 438 g/mol. The Bertz CT molecular complexity index is 1120. The van der Waals surface area contributed by atoms with E-state index >= 15 is 0 Å². The van der Waals surface area contributed by atoms with Crippen LogP contribution in [-0.2, 0) is 21.3 Å². The molecule has 1 aromatic carbocycles. The van der Waals surface area contributed by atoms with E-state index in [9.17, 15) is 23.3 Å². The van der Waals surface area contributed by atoms with E-state index in [4.69, 9.17) is 9.47 Å². The molecule has 1 saturated heterocycles. The number of aryl methyl sites for hydroxylation is 1. The van der Waals surface area contributed by atoms with Crippen molar-refractivity contribution < 1.29 is 27.6 Å². The quantitative estimate of drug-likeness (QED) is 0.300. The zero-order valence-corrected chi connectivity index (χ0v) is 19.2. The van der Waals surface area contributed by atoms with Crippen molar-refractivity contribution in [3.8, 4) is 5.75 Å². The topological polar surface area (TPSA) is 121 Å². The lowest BCUT2D eigenvalue weighted by atomic mass is 10.1. The lowest BCUT2D eigenvalue weighted by Crippen LogP contribution is -2.27. The number of carbonyl (C=O) groups excluding carboxylic acids is 1. The minimum atomic E-state index is -3.81. The van der Waals surface area contributed by atoms with E-state index in [1.165, 1.54) is 16.4 Å². The maximum Gasteiger partial charge on any atom is 0.312 e. The predicted octanol–water partition coefficient (Wildman–Crippen LogP) is 2.71. The first-order valence-corrected chi connectivity index (χ1v) is 11.7. The third-order valence-corrected chi connectivity index (χ3v) is 7.48. The van der Waals surface area contributed by atoms with Gasteiger partial charge in [-0.2, -0.15) is 4.31 Å². The highest BCUT2D eigenvalue weighted by molar-refractivity contribution is 7.89. The number of sulfonamides is 1. The van der Waals surface area contributed by atoms with Crippen molar-refractivity contribution in [2.45, 2.75) is 38.1 Å². The number of ketones is 1. The van der Waals surface area contributed by atoms with Crippen molar-refractivity contribution in [2.75, 3.05) is 33.4 Å². The second-order valence-corrected chi connectivity index (χ2v) is 9.58. The van der Waals surface area contributed by atoms with Gasteiger partial charge < -0.3 is 14.0 Å². The zero-order valence-electron chi connectivity index (χ0n) is 18.4. The molecule has 0 unspecified atom stereocenters. The van der Waals surface area contributed by atoms with Crippen molar-refractivity contribution in [1.82, 2.24) is 8.87 Å². The molecule has 0 spiro atoms. The minimum absolute atomic E-state index is 0.156. The van der Waals surface area contributed by atoms with Crippen LogP contribution in [0.5, 0.6) is 5.75 Å². The summed E-state index contributed by atoms with van der Waals surface area (Å²) in [5, 5.41) is 11.6. The van der Waals surface area contributed by atoms with E-state index in [2.05, 4.69) is 0 Å². The number of aromatic nitrogens is 1. The summed E-state index contributed by atoms with van der Waals surface area (Å²) in [7, 11) is -2.21. The number of Topliss-reactive ketones (excluding diaryl/α,β-unsaturated/α-hetero) is 1. The van der Waals surface area contributed by atoms with Crippen LogP contribution in [0.4, 0.5) is 5.69 Å². The van der Waals surface area contributed by atoms with Gasteiger partial charge in [-0.25, -0.2) is 8.42 Å². The van der Waals surface area contributed by atoms with Gasteiger partial charge in [0, 0.05) is 49.8 Å². The Hall–Kier alpha value is -2.76. The summed E-state index contributed by atoms with van der Waals surface area (Å²) in [4.78, 5) is 23.4. The van der Waals surface area contributed by atoms with Gasteiger partial charge in [0.15, 0.2) is 12.4 Å². The van der Waals surface area contributed by atoms with Gasteiger partial charge >= 0.3 is 5.69 Å². The number of ether oxygens (including phenoxy) is 2. The van der Waals surface area contributed by atoms with Gasteiger partial charge in [0.2, 0.25) is 15.8 Å². The fourth-order valence-corrected chi connectivity index (χ4v) is 5.37. The summed E-state index contributed by atoms with van der Waals surface area (Å²) in [6, 6.07) is 5.24. The molecule has 0 atom stereocenters. The highest BCUT2D eigenvalue weighted by Gasteiger charge is 2.30. The molecule has 11 heteroatoms. The Kier molecular flexibility index (Phi) is 7.32. The monoisotopic (exact) mass is 465 g/mol. The van der Waals surface area contributed by atoms with E-state index in [1.54, 1.807) is 13.2 Å². The maximum atomic E-state index is 12.7. The van der Waals surface area contributed by atoms with Crippen molar-refractivity contribution >= 4 is 21.5 Å². The summed E-state index contributed by atoms with van der Waals surface area (Å²) >= 11 is 0. The molecule has 0 bridgehead atoms. The lowest BCUT2D eigenvalue weighted by Gasteiger charge is -2.15. The lowest BCUT2D eigenvalue weighted by molar-refractivity contribution is -0.386. The third kappa shape index (κ3) is 4.84. The molecule has 10 nitrogen and oxygen atoms in total. The highest BCUT2D eigenvalue weighted by Crippen LogP contribution is 2.32. The molecule has 0 radical (unpaired) electrons. The number of methoxy groups -OCH3 is 1. The average Bonchev–Trinajstić information content (AvgIpc) is 3.39. The first-order valence-electron chi connectivity index (χ1n) is 10.3. The van der Waals surface area contributed by atoms with Crippen LogP contribution >= 0.6 is 0 Å². The molecular formula is C21H27N3O7S. The zero-order chi connectivity index (χ0) is 23.5. The van der Waals surface area contributed by atoms with Gasteiger partial charge in [0.1, 0.15) is 0 Å². The van der Waals surface area contributed by atoms with E-state index in [1.807, 2.05) is 18.4 Å². The van der Waals surface area contributed by atoms with Crippen LogP contribution in [0.1, 0.15) is 34.6 Å². The van der Waals surface area contributed by atoms with Crippen LogP contribution in [0.2, 0.25) is 0 Å². The third-order valence-electron chi connectivity index (χ3n) is 5.58. The number of benzene rings is 1. The van der Waals surface area contributed by atoms with E-state index < -0.39 is 27.2 Å². The van der Waals surface area contributed by atoms with Gasteiger partial charge in [-0.15, -0.1) is 0 Å². The SMILES string of the molecule is COCCn1c(C)cc(C(=O)COc2ccc(S(=O)(=O)N3CCCC3)cc2[N+](=O)[O-])c1C. The van der Waals surface area contributed by atoms with Crippen molar-refractivity contribution in [1.29, 1.82) is 0 Å². The molecule has 1 aliphatic heterocycles. The molecule has 2 aromatic rings. The summed E-state index contributed by atoms with van der Waals surface area (Å²) < 4.78 is 39.3. The van der Waals surface area contributed by atoms with E-state index in [0.29, 0.717) is 31.8 Å². The van der Waals surface area contributed by atoms with Crippen molar-refractivity contribution in [3.63, 3.8) is 0 Å². The molecule has 3 rings (SSSR count). The molecule has 1 fully saturated rings. The molecule has 32 heavy (non-hydrogen) atoms. The molecule has 2 heterocycles. The van der Waals surface area contributed by atoms with Crippen LogP contribution in [0.15, 0.2) is 29.2 Å². The fourth-order valence-electron chi connectivity index (χ4n) is 3.83. The number of nitrogens with zero attached hydrogens (tertiary/aromatic N) is 3. The minimum Gasteiger partial charge on any atom is -0.478 e. The number of nitro benzene ring substituents is 1. The Morgan fingerprint density at radius 1 is 1.19 bits per heavy atom. The largest absolute Gasteiger partial charge is 0.478 e. The normalized spacial score (nSPS) is 14.6. The van der Waals surface area contributed by atoms with E-state index in [-0.39, 0.29) is 16.4 Å². The van der Waals surface area contributed by atoms with Gasteiger partial charge in [-0.3, -0.25) is 14.9 Å². The fraction of sp³-hybridized carbons (Fsp3) is 0.476. The van der Waals surface area contributed by atoms with Gasteiger partial charge in [-0.1, -0.05) is 0 Å². The van der Waals surface area contributed by atoms with Gasteiger partial charge in [-0.05, 0) is 44.9 Å². The number of nitro groups is 1. The Morgan fingerprint density at radius 3 is 2.50 bits per heavy atom. The Labute approximate surface area is 186 Å². The van der Waals surface area contributed by atoms with Crippen LogP contribution < -0.4 is 4.74 Å². The molecule has 1 aromatic heterocycles. The molecule has 0 amide bonds. The second-order valence-electron chi connectivity index (χ2n) is 7.64. The average molecular weight is 466 g/mol. The summed E-state index contributed by atoms with van der Waals surface area (Å²) in [6.07, 6.45) is 1.52. The predicted molar refractivity (Wildman–Crippen MR) is 117 cm³/mol. The van der Waals surface area contributed by atoms with Gasteiger partial charge in [0.05, 0.1) is 16.4 Å². The molecule has 0 saturated carbocycles. The van der Waals surface area contributed by atoms with Crippen LogP contribution in [-0.4, -0.2) is 61.4 Å². The first kappa shape index (κ1) is 23.9. The van der Waals surface area contributed by atoms with Crippen molar-refractivity contribution in [2.24, 2.45) is 0 Å². The molecule has 174 valence electrons. The van der Waals surface area contributed by atoms with Crippen LogP contribution in [0.25, 0.3) is 0 Å². The second kappa shape index (κ2) is 9.80. The number of hydrogen-bond acceptors (Lipinski definition) is 7. The first-order chi connectivity index (χ1) is 15.2. The Morgan fingerprint density at radius 2 is 1.88 bits per heavy atom. The van der Waals surface area contributed by atoms with Crippen molar-refractivity contribution in [3.05, 3.63) is 51.3 Å². The standard InChI is InChI=1S/C21H27N3O7S/c1-15-12-18(16(2)23(15)10-11-30-3)20(25)14-31-21-7-6-17(13-19(21)24(26)27)32(28,29)22-8-4-5-9-22/h6-7,12-13H,4-5,8-11,14H2,1-3H3. The molecule has 1 aliphatic rings. The highest BCUT2D eigenvalue weighted by atomic mass is 32.2. The van der Waals surface area contributed by atoms with Gasteiger partial charge in [0.25, 0.3) is 0 Å². The number of rotatable bonds is 10. The Balaban J connectivity index is 1.79. The summed E-state index contributed by atoms with van der Waals surface area (Å²) in [5.41, 5.74) is 1.62. The number of hydrogen-bond donors (Lipinski definition) is 0. The molecule has 0 N–H and O–H groups in total. The summed E-state index contributed by atoms with van der Waals surface area (Å²) in [6.45, 7) is 5.17. The smallest absolute Gasteiger partial charge is 0.312 e. The van der Waals surface area contributed by atoms with E-state index in [0.717, 1.165) is 30.3 Å². The number of carbonyl (C=O) groups is 1. The maximum absolute atomic E-state index is 12.7. The van der Waals surface area contributed by atoms with Crippen LogP contribution in [0, 0.1) is 24.0 Å². The summed E-state index contributed by atoms with van der Waals surface area (Å²) in [5.74, 6) is -0.484.